The van der Waals surface area contributed by atoms with Crippen molar-refractivity contribution < 1.29 is 18.7 Å². The molecule has 0 saturated heterocycles. The van der Waals surface area contributed by atoms with E-state index in [1.54, 1.807) is 0 Å². The summed E-state index contributed by atoms with van der Waals surface area (Å²) in [5.74, 6) is -1.21. The molecule has 0 aliphatic heterocycles. The summed E-state index contributed by atoms with van der Waals surface area (Å²) in [5, 5.41) is 8.15. The van der Waals surface area contributed by atoms with Crippen molar-refractivity contribution in [1.29, 1.82) is 0 Å². The third-order valence-electron chi connectivity index (χ3n) is 0.744. The van der Waals surface area contributed by atoms with Crippen molar-refractivity contribution in [3.05, 3.63) is 0 Å². The molecule has 10 heavy (non-hydrogen) atoms. The first-order chi connectivity index (χ1) is 4.54. The Morgan fingerprint density at radius 1 is 1.80 bits per heavy atom. The number of nitrogens with one attached hydrogen (secondary N) is 1. The van der Waals surface area contributed by atoms with E-state index >= 15 is 0 Å². The van der Waals surface area contributed by atoms with Gasteiger partial charge in [-0.15, -0.1) is 0 Å². The van der Waals surface area contributed by atoms with Gasteiger partial charge in [-0.1, -0.05) is 0 Å². The second-order valence-electron chi connectivity index (χ2n) is 1.54. The van der Waals surface area contributed by atoms with E-state index in [0.717, 1.165) is 0 Å². The molecule has 0 fully saturated rings. The van der Waals surface area contributed by atoms with E-state index < -0.39 is 23.3 Å². The first-order valence-electron chi connectivity index (χ1n) is 2.36. The van der Waals surface area contributed by atoms with Gasteiger partial charge in [-0.3, -0.25) is 9.35 Å². The molecule has 0 heterocycles. The molecule has 0 radical (unpaired) electrons. The minimum Gasteiger partial charge on any atom is -0.480 e. The fourth-order valence-electron chi connectivity index (χ4n) is 0.248. The molecule has 0 aliphatic rings. The van der Waals surface area contributed by atoms with E-state index in [0.29, 0.717) is 0 Å². The molecule has 0 bridgehead atoms. The zero-order valence-corrected chi connectivity index (χ0v) is 5.80. The predicted molar refractivity (Wildman–Crippen MR) is 34.4 cm³/mol. The second kappa shape index (κ2) is 4.34. The maximum atomic E-state index is 9.97. The summed E-state index contributed by atoms with van der Waals surface area (Å²) >= 11 is -2.20. The number of carboxylic acids is 1. The lowest BCUT2D eigenvalue weighted by molar-refractivity contribution is -0.138. The largest absolute Gasteiger partial charge is 0.480 e. The third kappa shape index (κ3) is 4.39. The Hall–Kier alpha value is -0.500. The van der Waals surface area contributed by atoms with Gasteiger partial charge < -0.3 is 10.8 Å². The van der Waals surface area contributed by atoms with Crippen LogP contribution in [0.15, 0.2) is 0 Å². The van der Waals surface area contributed by atoms with E-state index in [9.17, 15) is 9.00 Å². The molecule has 7 heteroatoms. The van der Waals surface area contributed by atoms with E-state index in [1.807, 2.05) is 4.72 Å². The smallest absolute Gasteiger partial charge is 0.321 e. The van der Waals surface area contributed by atoms with Crippen LogP contribution in [0.1, 0.15) is 0 Å². The summed E-state index contributed by atoms with van der Waals surface area (Å²) in [6.45, 7) is -0.224. The molecule has 0 aliphatic carbocycles. The quantitative estimate of drug-likeness (QED) is 0.367. The van der Waals surface area contributed by atoms with Gasteiger partial charge in [-0.2, -0.15) is 0 Å². The number of carbonyl (C=O) groups is 1. The second-order valence-corrected chi connectivity index (χ2v) is 2.33. The Morgan fingerprint density at radius 2 is 2.30 bits per heavy atom. The number of nitrogens with two attached hydrogens (primary N) is 1. The highest BCUT2D eigenvalue weighted by Gasteiger charge is 2.10. The number of aliphatic carboxylic acids is 1. The van der Waals surface area contributed by atoms with Gasteiger partial charge in [-0.05, 0) is 0 Å². The van der Waals surface area contributed by atoms with Crippen LogP contribution in [0.5, 0.6) is 0 Å². The monoisotopic (exact) mass is 168 g/mol. The van der Waals surface area contributed by atoms with Crippen LogP contribution >= 0.6 is 0 Å². The fourth-order valence-corrected chi connectivity index (χ4v) is 0.571. The molecule has 0 aromatic carbocycles. The standard InChI is InChI=1S/C3H8N2O4S/c4-2(3(6)7)1-5-10(8)9/h2,5H,1,4H2,(H,6,7)(H,8,9). The average Bonchev–Trinajstić information content (AvgIpc) is 1.82. The third-order valence-corrected chi connectivity index (χ3v) is 1.16. The molecule has 5 N–H and O–H groups in total. The van der Waals surface area contributed by atoms with Crippen molar-refractivity contribution in [2.24, 2.45) is 5.73 Å². The van der Waals surface area contributed by atoms with E-state index in [4.69, 9.17) is 15.4 Å². The van der Waals surface area contributed by atoms with Gasteiger partial charge in [0.1, 0.15) is 6.04 Å². The van der Waals surface area contributed by atoms with Crippen molar-refractivity contribution in [2.75, 3.05) is 6.54 Å². The van der Waals surface area contributed by atoms with E-state index in [-0.39, 0.29) is 6.54 Å². The van der Waals surface area contributed by atoms with Gasteiger partial charge in [0.15, 0.2) is 0 Å². The average molecular weight is 168 g/mol. The Morgan fingerprint density at radius 3 is 2.60 bits per heavy atom. The van der Waals surface area contributed by atoms with Crippen molar-refractivity contribution in [1.82, 2.24) is 4.72 Å². The summed E-state index contributed by atoms with van der Waals surface area (Å²) in [6.07, 6.45) is 0. The lowest BCUT2D eigenvalue weighted by Crippen LogP contribution is -2.40. The van der Waals surface area contributed by atoms with Gasteiger partial charge in [0.2, 0.25) is 11.3 Å². The molecule has 0 spiro atoms. The van der Waals surface area contributed by atoms with Crippen LogP contribution in [-0.4, -0.2) is 32.4 Å². The summed E-state index contributed by atoms with van der Waals surface area (Å²) < 4.78 is 19.9. The molecule has 6 nitrogen and oxygen atoms in total. The zero-order valence-electron chi connectivity index (χ0n) is 4.98. The van der Waals surface area contributed by atoms with E-state index in [1.165, 1.54) is 0 Å². The van der Waals surface area contributed by atoms with Gasteiger partial charge in [-0.25, -0.2) is 8.93 Å². The Bertz CT molecular complexity index is 149. The highest BCUT2D eigenvalue weighted by Crippen LogP contribution is 1.75. The first-order valence-corrected chi connectivity index (χ1v) is 3.47. The molecule has 0 rings (SSSR count). The van der Waals surface area contributed by atoms with Crippen molar-refractivity contribution in [3.63, 3.8) is 0 Å². The molecule has 0 amide bonds. The molecular formula is C3H8N2O4S. The molecular weight excluding hydrogens is 160 g/mol. The molecule has 0 aromatic rings. The van der Waals surface area contributed by atoms with Crippen molar-refractivity contribution in [2.45, 2.75) is 6.04 Å². The maximum absolute atomic E-state index is 9.97. The first kappa shape index (κ1) is 9.50. The molecule has 2 unspecified atom stereocenters. The number of carboxylic acid groups (broad SMARTS) is 1. The topological polar surface area (TPSA) is 113 Å². The Kier molecular flexibility index (Phi) is 4.12. The Labute approximate surface area is 59.8 Å². The fraction of sp³-hybridized carbons (Fsp3) is 0.667. The highest BCUT2D eigenvalue weighted by molar-refractivity contribution is 7.77. The summed E-state index contributed by atoms with van der Waals surface area (Å²) in [4.78, 5) is 9.97. The number of rotatable bonds is 4. The van der Waals surface area contributed by atoms with Crippen LogP contribution in [0.2, 0.25) is 0 Å². The zero-order chi connectivity index (χ0) is 8.15. The Balaban J connectivity index is 3.49. The highest BCUT2D eigenvalue weighted by atomic mass is 32.2. The van der Waals surface area contributed by atoms with Crippen LogP contribution < -0.4 is 10.5 Å². The van der Waals surface area contributed by atoms with Gasteiger partial charge >= 0.3 is 5.97 Å². The predicted octanol–water partition coefficient (Wildman–Crippen LogP) is -1.88. The van der Waals surface area contributed by atoms with Crippen LogP contribution in [0.25, 0.3) is 0 Å². The summed E-state index contributed by atoms with van der Waals surface area (Å²) in [6, 6.07) is -1.14. The van der Waals surface area contributed by atoms with Gasteiger partial charge in [0.05, 0.1) is 0 Å². The normalized spacial score (nSPS) is 16.2. The van der Waals surface area contributed by atoms with Crippen LogP contribution in [-0.2, 0) is 16.1 Å². The molecule has 0 saturated carbocycles. The lowest BCUT2D eigenvalue weighted by atomic mass is 10.3. The van der Waals surface area contributed by atoms with Crippen LogP contribution in [0.4, 0.5) is 0 Å². The number of hydrogen-bond acceptors (Lipinski definition) is 3. The minimum absolute atomic E-state index is 0.224. The SMILES string of the molecule is NC(CNS(=O)O)C(=O)O. The molecule has 2 atom stereocenters. The van der Waals surface area contributed by atoms with Crippen molar-refractivity contribution in [3.8, 4) is 0 Å². The maximum Gasteiger partial charge on any atom is 0.321 e. The molecule has 0 aromatic heterocycles. The van der Waals surface area contributed by atoms with Crippen molar-refractivity contribution >= 4 is 17.2 Å². The van der Waals surface area contributed by atoms with Crippen LogP contribution in [0.3, 0.4) is 0 Å². The lowest BCUT2D eigenvalue weighted by Gasteiger charge is -2.03. The van der Waals surface area contributed by atoms with Gasteiger partial charge in [0, 0.05) is 6.54 Å². The summed E-state index contributed by atoms with van der Waals surface area (Å²) in [5.41, 5.74) is 4.96. The number of hydrogen-bond donors (Lipinski definition) is 4. The van der Waals surface area contributed by atoms with E-state index in [2.05, 4.69) is 0 Å². The van der Waals surface area contributed by atoms with Crippen LogP contribution in [0, 0.1) is 0 Å². The minimum atomic E-state index is -2.20. The molecule has 60 valence electrons. The van der Waals surface area contributed by atoms with Gasteiger partial charge in [0.25, 0.3) is 0 Å². The summed E-state index contributed by atoms with van der Waals surface area (Å²) in [7, 11) is 0.